The van der Waals surface area contributed by atoms with Crippen molar-refractivity contribution in [2.24, 2.45) is 5.92 Å². The Morgan fingerprint density at radius 1 is 1.48 bits per heavy atom. The number of hydrogen-bond acceptors (Lipinski definition) is 5. The Kier molecular flexibility index (Phi) is 4.67. The van der Waals surface area contributed by atoms with E-state index in [0.29, 0.717) is 0 Å². The molecule has 1 saturated heterocycles. The number of aliphatic carboxylic acids is 1. The quantitative estimate of drug-likeness (QED) is 0.914. The van der Waals surface area contributed by atoms with Gasteiger partial charge in [-0.05, 0) is 36.8 Å². The normalized spacial score (nSPS) is 19.7. The Morgan fingerprint density at radius 3 is 3.14 bits per heavy atom. The van der Waals surface area contributed by atoms with Crippen LogP contribution in [0.15, 0.2) is 22.2 Å². The topological polar surface area (TPSA) is 53.4 Å². The van der Waals surface area contributed by atoms with Gasteiger partial charge in [-0.2, -0.15) is 11.3 Å². The van der Waals surface area contributed by atoms with Crippen LogP contribution < -0.4 is 0 Å². The van der Waals surface area contributed by atoms with Crippen molar-refractivity contribution in [3.63, 3.8) is 0 Å². The van der Waals surface area contributed by atoms with Crippen molar-refractivity contribution in [1.29, 1.82) is 0 Å². The second kappa shape index (κ2) is 6.68. The molecule has 1 unspecified atom stereocenters. The van der Waals surface area contributed by atoms with Crippen LogP contribution in [0.25, 0.3) is 10.6 Å². The Bertz CT molecular complexity index is 595. The number of thiazole rings is 1. The van der Waals surface area contributed by atoms with Crippen LogP contribution in [-0.4, -0.2) is 34.0 Å². The third-order valence-electron chi connectivity index (χ3n) is 3.77. The highest BCUT2D eigenvalue weighted by Gasteiger charge is 2.22. The average Bonchev–Trinajstić information content (AvgIpc) is 3.08. The number of thiophene rings is 1. The molecule has 0 aliphatic carbocycles. The van der Waals surface area contributed by atoms with E-state index in [0.717, 1.165) is 43.2 Å². The number of likely N-dealkylation sites (tertiary alicyclic amines) is 1. The molecular weight excluding hydrogens is 304 g/mol. The second-order valence-electron chi connectivity index (χ2n) is 5.50. The molecule has 0 saturated carbocycles. The molecule has 0 amide bonds. The lowest BCUT2D eigenvalue weighted by Gasteiger charge is -2.31. The summed E-state index contributed by atoms with van der Waals surface area (Å²) in [6.07, 6.45) is 2.40. The van der Waals surface area contributed by atoms with Crippen LogP contribution in [0.2, 0.25) is 0 Å². The van der Waals surface area contributed by atoms with Gasteiger partial charge in [0, 0.05) is 35.8 Å². The smallest absolute Gasteiger partial charge is 0.303 e. The van der Waals surface area contributed by atoms with Gasteiger partial charge in [0.05, 0.1) is 5.69 Å². The standard InChI is InChI=1S/C15H18N2O2S2/c18-14(19)6-11-2-1-4-17(7-11)8-13-10-21-15(16-13)12-3-5-20-9-12/h3,5,9-11H,1-2,4,6-8H2,(H,18,19). The van der Waals surface area contributed by atoms with Crippen molar-refractivity contribution >= 4 is 28.6 Å². The number of hydrogen-bond donors (Lipinski definition) is 1. The zero-order valence-electron chi connectivity index (χ0n) is 11.7. The lowest BCUT2D eigenvalue weighted by Crippen LogP contribution is -2.35. The Labute approximate surface area is 132 Å². The lowest BCUT2D eigenvalue weighted by molar-refractivity contribution is -0.138. The third-order valence-corrected chi connectivity index (χ3v) is 5.40. The molecule has 1 atom stereocenters. The largest absolute Gasteiger partial charge is 0.481 e. The van der Waals surface area contributed by atoms with E-state index in [1.807, 2.05) is 0 Å². The Hall–Kier alpha value is -1.24. The monoisotopic (exact) mass is 322 g/mol. The van der Waals surface area contributed by atoms with E-state index in [2.05, 4.69) is 27.1 Å². The van der Waals surface area contributed by atoms with Gasteiger partial charge in [-0.1, -0.05) is 0 Å². The van der Waals surface area contributed by atoms with Crippen molar-refractivity contribution in [1.82, 2.24) is 9.88 Å². The van der Waals surface area contributed by atoms with Gasteiger partial charge in [-0.15, -0.1) is 11.3 Å². The first-order chi connectivity index (χ1) is 10.2. The first kappa shape index (κ1) is 14.7. The molecule has 3 rings (SSSR count). The summed E-state index contributed by atoms with van der Waals surface area (Å²) in [5, 5.41) is 16.3. The molecule has 112 valence electrons. The van der Waals surface area contributed by atoms with E-state index >= 15 is 0 Å². The number of piperidine rings is 1. The summed E-state index contributed by atoms with van der Waals surface area (Å²) in [4.78, 5) is 17.9. The number of rotatable bonds is 5. The molecule has 1 aliphatic rings. The number of carboxylic acids is 1. The van der Waals surface area contributed by atoms with E-state index in [4.69, 9.17) is 10.1 Å². The molecule has 1 aliphatic heterocycles. The molecular formula is C15H18N2O2S2. The first-order valence-electron chi connectivity index (χ1n) is 7.12. The number of aromatic nitrogens is 1. The highest BCUT2D eigenvalue weighted by Crippen LogP contribution is 2.27. The summed E-state index contributed by atoms with van der Waals surface area (Å²) in [5.74, 6) is -0.401. The van der Waals surface area contributed by atoms with Crippen LogP contribution in [0.5, 0.6) is 0 Å². The fourth-order valence-corrected chi connectivity index (χ4v) is 4.36. The minimum Gasteiger partial charge on any atom is -0.481 e. The van der Waals surface area contributed by atoms with Gasteiger partial charge >= 0.3 is 5.97 Å². The van der Waals surface area contributed by atoms with Crippen LogP contribution in [-0.2, 0) is 11.3 Å². The van der Waals surface area contributed by atoms with Gasteiger partial charge in [0.15, 0.2) is 0 Å². The Balaban J connectivity index is 1.60. The van der Waals surface area contributed by atoms with Gasteiger partial charge < -0.3 is 5.11 Å². The second-order valence-corrected chi connectivity index (χ2v) is 7.14. The van der Waals surface area contributed by atoms with Crippen molar-refractivity contribution in [2.75, 3.05) is 13.1 Å². The number of carboxylic acid groups (broad SMARTS) is 1. The van der Waals surface area contributed by atoms with Crippen LogP contribution in [0, 0.1) is 5.92 Å². The van der Waals surface area contributed by atoms with Gasteiger partial charge in [0.25, 0.3) is 0 Å². The molecule has 0 aromatic carbocycles. The molecule has 1 fully saturated rings. The van der Waals surface area contributed by atoms with E-state index in [-0.39, 0.29) is 12.3 Å². The van der Waals surface area contributed by atoms with Gasteiger partial charge in [0.2, 0.25) is 0 Å². The fraction of sp³-hybridized carbons (Fsp3) is 0.467. The zero-order chi connectivity index (χ0) is 14.7. The maximum atomic E-state index is 10.8. The predicted octanol–water partition coefficient (Wildman–Crippen LogP) is 3.56. The van der Waals surface area contributed by atoms with E-state index in [1.54, 1.807) is 22.7 Å². The van der Waals surface area contributed by atoms with Gasteiger partial charge in [0.1, 0.15) is 5.01 Å². The molecule has 2 aromatic heterocycles. The van der Waals surface area contributed by atoms with Crippen LogP contribution in [0.3, 0.4) is 0 Å². The minimum absolute atomic E-state index is 0.284. The zero-order valence-corrected chi connectivity index (χ0v) is 13.3. The highest BCUT2D eigenvalue weighted by atomic mass is 32.1. The van der Waals surface area contributed by atoms with Crippen molar-refractivity contribution in [2.45, 2.75) is 25.8 Å². The molecule has 2 aromatic rings. The average molecular weight is 322 g/mol. The van der Waals surface area contributed by atoms with E-state index in [9.17, 15) is 4.79 Å². The maximum Gasteiger partial charge on any atom is 0.303 e. The van der Waals surface area contributed by atoms with E-state index in [1.165, 1.54) is 5.56 Å². The molecule has 4 nitrogen and oxygen atoms in total. The van der Waals surface area contributed by atoms with Gasteiger partial charge in [-0.3, -0.25) is 9.69 Å². The maximum absolute atomic E-state index is 10.8. The van der Waals surface area contributed by atoms with Crippen LogP contribution in [0.4, 0.5) is 0 Å². The summed E-state index contributed by atoms with van der Waals surface area (Å²) in [6, 6.07) is 2.09. The summed E-state index contributed by atoms with van der Waals surface area (Å²) in [5.41, 5.74) is 2.29. The predicted molar refractivity (Wildman–Crippen MR) is 85.7 cm³/mol. The molecule has 21 heavy (non-hydrogen) atoms. The number of nitrogens with zero attached hydrogens (tertiary/aromatic N) is 2. The van der Waals surface area contributed by atoms with Crippen LogP contribution >= 0.6 is 22.7 Å². The summed E-state index contributed by atoms with van der Waals surface area (Å²) < 4.78 is 0. The fourth-order valence-electron chi connectivity index (χ4n) is 2.84. The minimum atomic E-state index is -0.685. The summed E-state index contributed by atoms with van der Waals surface area (Å²) in [7, 11) is 0. The molecule has 0 radical (unpaired) electrons. The van der Waals surface area contributed by atoms with Crippen molar-refractivity contribution in [3.05, 3.63) is 27.9 Å². The van der Waals surface area contributed by atoms with E-state index < -0.39 is 5.97 Å². The van der Waals surface area contributed by atoms with Gasteiger partial charge in [-0.25, -0.2) is 4.98 Å². The van der Waals surface area contributed by atoms with Crippen LogP contribution in [0.1, 0.15) is 25.0 Å². The summed E-state index contributed by atoms with van der Waals surface area (Å²) >= 11 is 3.37. The lowest BCUT2D eigenvalue weighted by atomic mass is 9.95. The molecule has 1 N–H and O–H groups in total. The molecule has 3 heterocycles. The third kappa shape index (κ3) is 3.90. The molecule has 6 heteroatoms. The first-order valence-corrected chi connectivity index (χ1v) is 8.94. The number of carbonyl (C=O) groups is 1. The molecule has 0 bridgehead atoms. The van der Waals surface area contributed by atoms with Crippen molar-refractivity contribution in [3.8, 4) is 10.6 Å². The molecule has 0 spiro atoms. The van der Waals surface area contributed by atoms with Crippen molar-refractivity contribution < 1.29 is 9.90 Å². The SMILES string of the molecule is O=C(O)CC1CCCN(Cc2csc(-c3ccsc3)n2)C1. The highest BCUT2D eigenvalue weighted by molar-refractivity contribution is 7.14. The summed E-state index contributed by atoms with van der Waals surface area (Å²) in [6.45, 7) is 2.75. The Morgan fingerprint density at radius 2 is 2.38 bits per heavy atom.